The Morgan fingerprint density at radius 3 is 2.53 bits per heavy atom. The normalized spacial score (nSPS) is 16.0. The van der Waals surface area contributed by atoms with Crippen molar-refractivity contribution in [1.29, 1.82) is 0 Å². The lowest BCUT2D eigenvalue weighted by atomic mass is 9.49. The average Bonchev–Trinajstić information content (AvgIpc) is 3.24. The summed E-state index contributed by atoms with van der Waals surface area (Å²) < 4.78 is 1.96. The van der Waals surface area contributed by atoms with Gasteiger partial charge in [-0.25, -0.2) is 4.98 Å². The molecule has 4 rings (SSSR count). The molecule has 0 bridgehead atoms. The number of piperidine rings is 1. The van der Waals surface area contributed by atoms with Gasteiger partial charge in [0.25, 0.3) is 0 Å². The number of hydrogen-bond acceptors (Lipinski definition) is 5. The average molecular weight is 428 g/mol. The maximum Gasteiger partial charge on any atom is 0.228 e. The van der Waals surface area contributed by atoms with Gasteiger partial charge in [-0.1, -0.05) is 13.8 Å². The van der Waals surface area contributed by atoms with E-state index in [2.05, 4.69) is 68.7 Å². The molecule has 1 aliphatic rings. The Morgan fingerprint density at radius 1 is 1.12 bits per heavy atom. The summed E-state index contributed by atoms with van der Waals surface area (Å²) >= 11 is 0. The van der Waals surface area contributed by atoms with E-state index in [0.717, 1.165) is 54.5 Å². The summed E-state index contributed by atoms with van der Waals surface area (Å²) in [7, 11) is 6.37. The van der Waals surface area contributed by atoms with E-state index in [0.29, 0.717) is 11.7 Å². The molecule has 0 atom stereocenters. The van der Waals surface area contributed by atoms with E-state index < -0.39 is 0 Å². The first-order valence-electron chi connectivity index (χ1n) is 11.5. The molecule has 1 N–H and O–H groups in total. The predicted octanol–water partition coefficient (Wildman–Crippen LogP) is 0.267. The minimum Gasteiger partial charge on any atom is -0.310 e. The van der Waals surface area contributed by atoms with E-state index in [4.69, 9.17) is 0 Å². The van der Waals surface area contributed by atoms with Gasteiger partial charge in [-0.3, -0.25) is 14.5 Å². The highest BCUT2D eigenvalue weighted by Gasteiger charge is 2.25. The lowest BCUT2D eigenvalue weighted by molar-refractivity contribution is -0.121. The van der Waals surface area contributed by atoms with Crippen LogP contribution in [0, 0.1) is 11.8 Å². The minimum atomic E-state index is -0.0746. The number of pyridine rings is 2. The minimum absolute atomic E-state index is 0.0450. The van der Waals surface area contributed by atoms with Crippen LogP contribution in [0.5, 0.6) is 0 Å². The fourth-order valence-electron chi connectivity index (χ4n) is 4.22. The fraction of sp³-hybridized carbons (Fsp3) is 0.455. The van der Waals surface area contributed by atoms with Crippen LogP contribution in [0.1, 0.15) is 26.7 Å². The number of likely N-dealkylation sites (tertiary alicyclic amines) is 1. The van der Waals surface area contributed by atoms with Crippen LogP contribution in [-0.4, -0.2) is 73.7 Å². The fourth-order valence-corrected chi connectivity index (χ4v) is 4.22. The third-order valence-corrected chi connectivity index (χ3v) is 6.00. The Labute approximate surface area is 192 Å². The number of hydrogen-bond donors (Lipinski definition) is 1. The Hall–Kier alpha value is -2.61. The largest absolute Gasteiger partial charge is 0.310 e. The van der Waals surface area contributed by atoms with Crippen molar-refractivity contribution in [2.45, 2.75) is 31.9 Å². The van der Waals surface area contributed by atoms with E-state index in [1.807, 2.05) is 29.3 Å². The van der Waals surface area contributed by atoms with E-state index in [1.54, 1.807) is 6.20 Å². The van der Waals surface area contributed by atoms with Crippen LogP contribution in [0.4, 0.5) is 5.82 Å². The molecule has 10 heteroatoms. The van der Waals surface area contributed by atoms with Crippen molar-refractivity contribution in [2.24, 2.45) is 11.8 Å². The van der Waals surface area contributed by atoms with Gasteiger partial charge in [0, 0.05) is 41.4 Å². The first-order chi connectivity index (χ1) is 15.2. The monoisotopic (exact) mass is 428 g/mol. The van der Waals surface area contributed by atoms with Gasteiger partial charge in [-0.05, 0) is 49.2 Å². The molecule has 1 fully saturated rings. The van der Waals surface area contributed by atoms with Crippen molar-refractivity contribution < 1.29 is 4.79 Å². The van der Waals surface area contributed by atoms with Crippen molar-refractivity contribution in [3.63, 3.8) is 0 Å². The molecule has 0 spiro atoms. The molecule has 3 aromatic rings. The zero-order valence-electron chi connectivity index (χ0n) is 19.8. The van der Waals surface area contributed by atoms with Gasteiger partial charge in [-0.15, -0.1) is 0 Å². The number of anilines is 1. The lowest BCUT2D eigenvalue weighted by Gasteiger charge is -2.32. The first-order valence-corrected chi connectivity index (χ1v) is 11.5. The van der Waals surface area contributed by atoms with Gasteiger partial charge in [0.2, 0.25) is 5.91 Å². The topological polar surface area (TPSA) is 75.9 Å². The van der Waals surface area contributed by atoms with E-state index in [9.17, 15) is 4.79 Å². The second kappa shape index (κ2) is 9.10. The first kappa shape index (κ1) is 22.6. The van der Waals surface area contributed by atoms with Crippen molar-refractivity contribution in [3.8, 4) is 11.1 Å². The highest BCUT2D eigenvalue weighted by molar-refractivity contribution is 6.56. The van der Waals surface area contributed by atoms with Gasteiger partial charge in [0.15, 0.2) is 0 Å². The van der Waals surface area contributed by atoms with E-state index in [1.165, 1.54) is 0 Å². The molecule has 32 heavy (non-hydrogen) atoms. The van der Waals surface area contributed by atoms with Crippen LogP contribution in [-0.2, 0) is 10.0 Å². The molecule has 0 saturated carbocycles. The van der Waals surface area contributed by atoms with Crippen molar-refractivity contribution in [1.82, 2.24) is 24.6 Å². The summed E-state index contributed by atoms with van der Waals surface area (Å²) in [6.07, 6.45) is 9.27. The maximum absolute atomic E-state index is 12.8. The standard InChI is InChI=1S/C22H31B3N6O/c1-14(2)12-30-5-3-15(4-6-30)21(32)29-20-8-16-7-17(9-26-19(16)11-27-20)18-10-28-31(13-18)22(23,24)25/h7-11,13-15H,3-6,12,23-25H2,1-2H3,(H,27,29,32). The van der Waals surface area contributed by atoms with Gasteiger partial charge in [0.05, 0.1) is 17.9 Å². The van der Waals surface area contributed by atoms with Crippen LogP contribution in [0.3, 0.4) is 0 Å². The Balaban J connectivity index is 1.46. The lowest BCUT2D eigenvalue weighted by Crippen LogP contribution is -2.39. The molecule has 0 unspecified atom stereocenters. The van der Waals surface area contributed by atoms with E-state index >= 15 is 0 Å². The zero-order valence-corrected chi connectivity index (χ0v) is 19.8. The second-order valence-electron chi connectivity index (χ2n) is 10.3. The molecule has 1 aliphatic heterocycles. The molecule has 4 heterocycles. The molecule has 0 radical (unpaired) electrons. The van der Waals surface area contributed by atoms with Crippen molar-refractivity contribution >= 4 is 46.2 Å². The molecular weight excluding hydrogens is 397 g/mol. The SMILES string of the molecule is BC(B)(B)n1cc(-c2cnc3cnc(NC(=O)C4CCN(CC(C)C)CC4)cc3c2)cn1. The molecule has 3 aromatic heterocycles. The Kier molecular flexibility index (Phi) is 6.42. The number of fused-ring (bicyclic) bond motifs is 1. The van der Waals surface area contributed by atoms with Crippen LogP contribution in [0.15, 0.2) is 36.9 Å². The van der Waals surface area contributed by atoms with E-state index in [-0.39, 0.29) is 17.1 Å². The predicted molar refractivity (Wildman–Crippen MR) is 137 cm³/mol. The molecule has 1 saturated heterocycles. The number of carbonyl (C=O) groups is 1. The molecular formula is C22H31B3N6O. The summed E-state index contributed by atoms with van der Waals surface area (Å²) in [5, 5.41) is 8.39. The molecule has 0 aliphatic carbocycles. The molecule has 0 aromatic carbocycles. The summed E-state index contributed by atoms with van der Waals surface area (Å²) in [5.41, 5.74) is 2.82. The zero-order chi connectivity index (χ0) is 22.9. The quantitative estimate of drug-likeness (QED) is 0.571. The van der Waals surface area contributed by atoms with Gasteiger partial charge in [-0.2, -0.15) is 5.10 Å². The number of aromatic nitrogens is 4. The molecule has 164 valence electrons. The summed E-state index contributed by atoms with van der Waals surface area (Å²) in [6, 6.07) is 3.99. The van der Waals surface area contributed by atoms with Gasteiger partial charge < -0.3 is 10.2 Å². The van der Waals surface area contributed by atoms with Crippen LogP contribution in [0.25, 0.3) is 22.0 Å². The summed E-state index contributed by atoms with van der Waals surface area (Å²) in [5.74, 6) is 1.35. The molecule has 7 nitrogen and oxygen atoms in total. The Morgan fingerprint density at radius 2 is 1.88 bits per heavy atom. The highest BCUT2D eigenvalue weighted by atomic mass is 16.1. The van der Waals surface area contributed by atoms with Crippen LogP contribution >= 0.6 is 0 Å². The number of nitrogens with one attached hydrogen (secondary N) is 1. The number of rotatable bonds is 6. The summed E-state index contributed by atoms with van der Waals surface area (Å²) in [4.78, 5) is 24.2. The van der Waals surface area contributed by atoms with Gasteiger partial charge >= 0.3 is 0 Å². The number of nitrogens with zero attached hydrogens (tertiary/aromatic N) is 5. The van der Waals surface area contributed by atoms with Crippen LogP contribution in [0.2, 0.25) is 0 Å². The second-order valence-corrected chi connectivity index (χ2v) is 10.3. The molecule has 1 amide bonds. The van der Waals surface area contributed by atoms with Crippen LogP contribution < -0.4 is 5.32 Å². The summed E-state index contributed by atoms with van der Waals surface area (Å²) in [6.45, 7) is 7.54. The third-order valence-electron chi connectivity index (χ3n) is 6.00. The third kappa shape index (κ3) is 5.23. The highest BCUT2D eigenvalue weighted by Crippen LogP contribution is 2.25. The van der Waals surface area contributed by atoms with Crippen molar-refractivity contribution in [3.05, 3.63) is 36.9 Å². The van der Waals surface area contributed by atoms with Gasteiger partial charge in [0.1, 0.15) is 29.4 Å². The maximum atomic E-state index is 12.8. The van der Waals surface area contributed by atoms with Crippen molar-refractivity contribution in [2.75, 3.05) is 25.0 Å². The Bertz CT molecular complexity index is 1100. The smallest absolute Gasteiger partial charge is 0.228 e. The number of amides is 1. The number of carbonyl (C=O) groups excluding carboxylic acids is 1.